The highest BCUT2D eigenvalue weighted by Crippen LogP contribution is 2.26. The maximum Gasteiger partial charge on any atom is 0.185 e. The summed E-state index contributed by atoms with van der Waals surface area (Å²) in [6.07, 6.45) is 5.79. The molecular formula is C17H23N3S. The largest absolute Gasteiger partial charge is 0.380 e. The lowest BCUT2D eigenvalue weighted by molar-refractivity contribution is 0.860. The summed E-state index contributed by atoms with van der Waals surface area (Å²) < 4.78 is 0. The van der Waals surface area contributed by atoms with Crippen molar-refractivity contribution in [3.8, 4) is 0 Å². The molecule has 1 heterocycles. The van der Waals surface area contributed by atoms with Crippen molar-refractivity contribution in [2.45, 2.75) is 39.7 Å². The van der Waals surface area contributed by atoms with Crippen LogP contribution in [0.3, 0.4) is 0 Å². The van der Waals surface area contributed by atoms with E-state index in [1.807, 2.05) is 6.20 Å². The summed E-state index contributed by atoms with van der Waals surface area (Å²) in [7, 11) is 0. The van der Waals surface area contributed by atoms with Crippen molar-refractivity contribution in [2.24, 2.45) is 0 Å². The lowest BCUT2D eigenvalue weighted by Gasteiger charge is -2.16. The van der Waals surface area contributed by atoms with E-state index in [1.165, 1.54) is 41.0 Å². The first-order valence-electron chi connectivity index (χ1n) is 7.85. The molecule has 0 atom stereocenters. The van der Waals surface area contributed by atoms with Gasteiger partial charge in [0.1, 0.15) is 0 Å². The van der Waals surface area contributed by atoms with E-state index in [0.717, 1.165) is 24.8 Å². The smallest absolute Gasteiger partial charge is 0.185 e. The first kappa shape index (κ1) is 14.4. The predicted octanol–water partition coefficient (Wildman–Crippen LogP) is 4.09. The maximum absolute atomic E-state index is 4.53. The number of thiazole rings is 1. The number of hydrogen-bond donors (Lipinski definition) is 1. The molecule has 1 aliphatic rings. The van der Waals surface area contributed by atoms with Gasteiger partial charge in [0.15, 0.2) is 5.13 Å². The first-order chi connectivity index (χ1) is 10.3. The second-order valence-electron chi connectivity index (χ2n) is 5.47. The van der Waals surface area contributed by atoms with E-state index >= 15 is 0 Å². The summed E-state index contributed by atoms with van der Waals surface area (Å²) in [5, 5.41) is 4.66. The summed E-state index contributed by atoms with van der Waals surface area (Å²) in [5.74, 6) is 0. The van der Waals surface area contributed by atoms with Gasteiger partial charge >= 0.3 is 0 Å². The molecule has 0 unspecified atom stereocenters. The molecule has 112 valence electrons. The Bertz CT molecular complexity index is 602. The van der Waals surface area contributed by atoms with Crippen molar-refractivity contribution >= 4 is 22.2 Å². The number of nitrogens with one attached hydrogen (secondary N) is 1. The third-order valence-electron chi connectivity index (χ3n) is 4.14. The third kappa shape index (κ3) is 3.21. The van der Waals surface area contributed by atoms with Crippen molar-refractivity contribution in [1.29, 1.82) is 0 Å². The number of aryl methyl sites for hydroxylation is 2. The highest BCUT2D eigenvalue weighted by molar-refractivity contribution is 7.15. The molecule has 3 rings (SSSR count). The van der Waals surface area contributed by atoms with Crippen LogP contribution in [0.5, 0.6) is 0 Å². The second-order valence-corrected chi connectivity index (χ2v) is 6.57. The standard InChI is InChI=1S/C17H23N3S/c1-3-20(4-2)17-19-12-16(21-17)11-18-15-9-8-13-6-5-7-14(13)10-15/h8-10,12,18H,3-7,11H2,1-2H3. The Kier molecular flexibility index (Phi) is 4.44. The van der Waals surface area contributed by atoms with Gasteiger partial charge in [0.2, 0.25) is 0 Å². The number of benzene rings is 1. The summed E-state index contributed by atoms with van der Waals surface area (Å²) in [4.78, 5) is 8.12. The minimum atomic E-state index is 0.859. The molecule has 3 nitrogen and oxygen atoms in total. The Labute approximate surface area is 131 Å². The highest BCUT2D eigenvalue weighted by atomic mass is 32.1. The van der Waals surface area contributed by atoms with Gasteiger partial charge in [0.25, 0.3) is 0 Å². The van der Waals surface area contributed by atoms with Crippen LogP contribution in [0.15, 0.2) is 24.4 Å². The number of fused-ring (bicyclic) bond motifs is 1. The van der Waals surface area contributed by atoms with Crippen LogP contribution in [0.2, 0.25) is 0 Å². The van der Waals surface area contributed by atoms with E-state index in [-0.39, 0.29) is 0 Å². The topological polar surface area (TPSA) is 28.2 Å². The molecule has 0 saturated carbocycles. The van der Waals surface area contributed by atoms with Crippen molar-refractivity contribution in [2.75, 3.05) is 23.3 Å². The fourth-order valence-electron chi connectivity index (χ4n) is 2.89. The predicted molar refractivity (Wildman–Crippen MR) is 91.5 cm³/mol. The van der Waals surface area contributed by atoms with E-state index in [1.54, 1.807) is 11.3 Å². The average Bonchev–Trinajstić information content (AvgIpc) is 3.15. The zero-order valence-electron chi connectivity index (χ0n) is 12.9. The maximum atomic E-state index is 4.53. The van der Waals surface area contributed by atoms with E-state index in [0.29, 0.717) is 0 Å². The van der Waals surface area contributed by atoms with E-state index in [9.17, 15) is 0 Å². The van der Waals surface area contributed by atoms with Crippen LogP contribution < -0.4 is 10.2 Å². The van der Waals surface area contributed by atoms with Crippen LogP contribution in [0, 0.1) is 0 Å². The third-order valence-corrected chi connectivity index (χ3v) is 5.20. The Morgan fingerprint density at radius 2 is 2.00 bits per heavy atom. The fraction of sp³-hybridized carbons (Fsp3) is 0.471. The van der Waals surface area contributed by atoms with Crippen molar-refractivity contribution in [3.63, 3.8) is 0 Å². The summed E-state index contributed by atoms with van der Waals surface area (Å²) in [6, 6.07) is 6.80. The van der Waals surface area contributed by atoms with Crippen LogP contribution in [0.25, 0.3) is 0 Å². The molecule has 4 heteroatoms. The minimum Gasteiger partial charge on any atom is -0.380 e. The van der Waals surface area contributed by atoms with Gasteiger partial charge in [-0.25, -0.2) is 4.98 Å². The average molecular weight is 301 g/mol. The number of hydrogen-bond acceptors (Lipinski definition) is 4. The quantitative estimate of drug-likeness (QED) is 0.871. The summed E-state index contributed by atoms with van der Waals surface area (Å²) >= 11 is 1.79. The van der Waals surface area contributed by atoms with Gasteiger partial charge in [-0.2, -0.15) is 0 Å². The summed E-state index contributed by atoms with van der Waals surface area (Å²) in [6.45, 7) is 7.24. The Morgan fingerprint density at radius 3 is 2.81 bits per heavy atom. The number of anilines is 2. The first-order valence-corrected chi connectivity index (χ1v) is 8.67. The summed E-state index contributed by atoms with van der Waals surface area (Å²) in [5.41, 5.74) is 4.28. The Morgan fingerprint density at radius 1 is 1.19 bits per heavy atom. The van der Waals surface area contributed by atoms with Crippen LogP contribution in [0.4, 0.5) is 10.8 Å². The van der Waals surface area contributed by atoms with Gasteiger partial charge in [-0.15, -0.1) is 11.3 Å². The van der Waals surface area contributed by atoms with Crippen molar-refractivity contribution in [1.82, 2.24) is 4.98 Å². The van der Waals surface area contributed by atoms with Crippen LogP contribution in [-0.2, 0) is 19.4 Å². The molecule has 0 saturated heterocycles. The lowest BCUT2D eigenvalue weighted by Crippen LogP contribution is -2.21. The molecule has 2 aromatic rings. The van der Waals surface area contributed by atoms with Gasteiger partial charge in [0.05, 0.1) is 6.54 Å². The highest BCUT2D eigenvalue weighted by Gasteiger charge is 2.11. The minimum absolute atomic E-state index is 0.859. The normalized spacial score (nSPS) is 13.2. The molecule has 0 spiro atoms. The number of nitrogens with zero attached hydrogens (tertiary/aromatic N) is 2. The zero-order chi connectivity index (χ0) is 14.7. The molecule has 1 N–H and O–H groups in total. The van der Waals surface area contributed by atoms with E-state index < -0.39 is 0 Å². The van der Waals surface area contributed by atoms with Gasteiger partial charge in [0, 0.05) is 29.9 Å². The zero-order valence-corrected chi connectivity index (χ0v) is 13.7. The van der Waals surface area contributed by atoms with E-state index in [2.05, 4.69) is 47.2 Å². The van der Waals surface area contributed by atoms with Gasteiger partial charge in [-0.3, -0.25) is 0 Å². The molecule has 0 radical (unpaired) electrons. The SMILES string of the molecule is CCN(CC)c1ncc(CNc2ccc3c(c2)CCC3)s1. The van der Waals surface area contributed by atoms with Crippen molar-refractivity contribution < 1.29 is 0 Å². The lowest BCUT2D eigenvalue weighted by atomic mass is 10.1. The molecule has 0 aliphatic heterocycles. The monoisotopic (exact) mass is 301 g/mol. The van der Waals surface area contributed by atoms with Crippen molar-refractivity contribution in [3.05, 3.63) is 40.4 Å². The molecule has 1 aromatic heterocycles. The van der Waals surface area contributed by atoms with Crippen LogP contribution in [0.1, 0.15) is 36.3 Å². The molecule has 1 aromatic carbocycles. The van der Waals surface area contributed by atoms with Gasteiger partial charge in [-0.05, 0) is 56.4 Å². The second kappa shape index (κ2) is 6.48. The fourth-order valence-corrected chi connectivity index (χ4v) is 3.87. The molecule has 1 aliphatic carbocycles. The molecule has 0 amide bonds. The van der Waals surface area contributed by atoms with Crippen LogP contribution >= 0.6 is 11.3 Å². The Balaban J connectivity index is 1.62. The number of rotatable bonds is 6. The molecular weight excluding hydrogens is 278 g/mol. The number of aromatic nitrogens is 1. The van der Waals surface area contributed by atoms with Crippen LogP contribution in [-0.4, -0.2) is 18.1 Å². The molecule has 0 fully saturated rings. The van der Waals surface area contributed by atoms with Gasteiger partial charge < -0.3 is 10.2 Å². The molecule has 21 heavy (non-hydrogen) atoms. The Hall–Kier alpha value is -1.55. The molecule has 0 bridgehead atoms. The van der Waals surface area contributed by atoms with E-state index in [4.69, 9.17) is 0 Å². The van der Waals surface area contributed by atoms with Gasteiger partial charge in [-0.1, -0.05) is 6.07 Å².